The van der Waals surface area contributed by atoms with Crippen LogP contribution in [-0.2, 0) is 13.0 Å². The second kappa shape index (κ2) is 7.47. The number of rotatable bonds is 7. The van der Waals surface area contributed by atoms with Crippen molar-refractivity contribution in [1.82, 2.24) is 5.32 Å². The van der Waals surface area contributed by atoms with Gasteiger partial charge < -0.3 is 14.8 Å². The number of carboxylic acid groups (broad SMARTS) is 1. The first-order chi connectivity index (χ1) is 11.2. The molecule has 1 aromatic carbocycles. The van der Waals surface area contributed by atoms with Gasteiger partial charge in [-0.1, -0.05) is 36.8 Å². The topological polar surface area (TPSA) is 62.5 Å². The summed E-state index contributed by atoms with van der Waals surface area (Å²) in [6, 6.07) is 12.8. The first kappa shape index (κ1) is 15.8. The summed E-state index contributed by atoms with van der Waals surface area (Å²) >= 11 is 0. The Kier molecular flexibility index (Phi) is 5.13. The van der Waals surface area contributed by atoms with E-state index in [-0.39, 0.29) is 5.76 Å². The maximum absolute atomic E-state index is 11.1. The smallest absolute Gasteiger partial charge is 0.372 e. The number of nitrogens with one attached hydrogen (secondary N) is 1. The molecule has 122 valence electrons. The van der Waals surface area contributed by atoms with Crippen LogP contribution in [0.1, 0.15) is 47.4 Å². The average Bonchev–Trinajstić information content (AvgIpc) is 3.21. The van der Waals surface area contributed by atoms with Crippen molar-refractivity contribution in [1.29, 1.82) is 0 Å². The SMILES string of the molecule is O=C(O)c1occc1CNC1CCCC1CCc1ccccc1. The number of aromatic carboxylic acids is 1. The highest BCUT2D eigenvalue weighted by Gasteiger charge is 2.27. The van der Waals surface area contributed by atoms with Crippen LogP contribution in [0, 0.1) is 5.92 Å². The number of carboxylic acids is 1. The van der Waals surface area contributed by atoms with E-state index in [0.29, 0.717) is 18.5 Å². The van der Waals surface area contributed by atoms with Crippen molar-refractivity contribution < 1.29 is 14.3 Å². The molecule has 2 N–H and O–H groups in total. The van der Waals surface area contributed by atoms with Gasteiger partial charge in [-0.25, -0.2) is 4.79 Å². The second-order valence-electron chi connectivity index (χ2n) is 6.28. The molecule has 0 amide bonds. The van der Waals surface area contributed by atoms with Crippen molar-refractivity contribution in [3.05, 3.63) is 59.5 Å². The Bertz CT molecular complexity index is 635. The van der Waals surface area contributed by atoms with Gasteiger partial charge in [0.1, 0.15) is 0 Å². The van der Waals surface area contributed by atoms with Crippen molar-refractivity contribution in [2.75, 3.05) is 0 Å². The van der Waals surface area contributed by atoms with E-state index in [1.165, 1.54) is 37.5 Å². The Morgan fingerprint density at radius 1 is 1.22 bits per heavy atom. The van der Waals surface area contributed by atoms with Gasteiger partial charge in [0.05, 0.1) is 6.26 Å². The highest BCUT2D eigenvalue weighted by atomic mass is 16.4. The van der Waals surface area contributed by atoms with E-state index >= 15 is 0 Å². The summed E-state index contributed by atoms with van der Waals surface area (Å²) in [4.78, 5) is 11.1. The Balaban J connectivity index is 1.53. The molecular weight excluding hydrogens is 290 g/mol. The lowest BCUT2D eigenvalue weighted by Gasteiger charge is -2.21. The summed E-state index contributed by atoms with van der Waals surface area (Å²) in [5, 5.41) is 12.6. The zero-order chi connectivity index (χ0) is 16.1. The zero-order valence-corrected chi connectivity index (χ0v) is 13.2. The Hall–Kier alpha value is -2.07. The van der Waals surface area contributed by atoms with E-state index in [1.807, 2.05) is 6.07 Å². The van der Waals surface area contributed by atoms with Crippen LogP contribution in [0.4, 0.5) is 0 Å². The van der Waals surface area contributed by atoms with E-state index in [2.05, 4.69) is 29.6 Å². The lowest BCUT2D eigenvalue weighted by atomic mass is 9.95. The van der Waals surface area contributed by atoms with Gasteiger partial charge in [-0.05, 0) is 43.2 Å². The molecule has 0 saturated heterocycles. The van der Waals surface area contributed by atoms with Crippen molar-refractivity contribution in [2.45, 2.75) is 44.7 Å². The quantitative estimate of drug-likeness (QED) is 0.814. The molecular formula is C19H23NO3. The minimum Gasteiger partial charge on any atom is -0.475 e. The number of hydrogen-bond donors (Lipinski definition) is 2. The van der Waals surface area contributed by atoms with E-state index in [0.717, 1.165) is 12.0 Å². The summed E-state index contributed by atoms with van der Waals surface area (Å²) < 4.78 is 5.03. The predicted molar refractivity (Wildman–Crippen MR) is 88.4 cm³/mol. The molecule has 2 atom stereocenters. The number of hydrogen-bond acceptors (Lipinski definition) is 3. The zero-order valence-electron chi connectivity index (χ0n) is 13.2. The monoisotopic (exact) mass is 313 g/mol. The number of aryl methyl sites for hydroxylation is 1. The summed E-state index contributed by atoms with van der Waals surface area (Å²) in [6.07, 6.45) is 7.40. The Morgan fingerprint density at radius 3 is 2.83 bits per heavy atom. The van der Waals surface area contributed by atoms with Gasteiger partial charge in [0.15, 0.2) is 0 Å². The van der Waals surface area contributed by atoms with Crippen LogP contribution in [0.2, 0.25) is 0 Å². The Labute approximate surface area is 136 Å². The van der Waals surface area contributed by atoms with Gasteiger partial charge in [-0.15, -0.1) is 0 Å². The van der Waals surface area contributed by atoms with E-state index in [1.54, 1.807) is 6.07 Å². The van der Waals surface area contributed by atoms with Crippen LogP contribution in [0.3, 0.4) is 0 Å². The van der Waals surface area contributed by atoms with Crippen LogP contribution in [0.5, 0.6) is 0 Å². The highest BCUT2D eigenvalue weighted by molar-refractivity contribution is 5.86. The molecule has 1 saturated carbocycles. The maximum atomic E-state index is 11.1. The van der Waals surface area contributed by atoms with Crippen molar-refractivity contribution in [3.63, 3.8) is 0 Å². The third-order valence-electron chi connectivity index (χ3n) is 4.80. The van der Waals surface area contributed by atoms with Crippen LogP contribution in [-0.4, -0.2) is 17.1 Å². The molecule has 3 rings (SSSR count). The van der Waals surface area contributed by atoms with Crippen LogP contribution >= 0.6 is 0 Å². The lowest BCUT2D eigenvalue weighted by Crippen LogP contribution is -2.32. The van der Waals surface area contributed by atoms with Crippen LogP contribution in [0.25, 0.3) is 0 Å². The fourth-order valence-electron chi connectivity index (χ4n) is 3.55. The highest BCUT2D eigenvalue weighted by Crippen LogP contribution is 2.30. The molecule has 2 aromatic rings. The van der Waals surface area contributed by atoms with Gasteiger partial charge in [0, 0.05) is 18.2 Å². The second-order valence-corrected chi connectivity index (χ2v) is 6.28. The third-order valence-corrected chi connectivity index (χ3v) is 4.80. The first-order valence-corrected chi connectivity index (χ1v) is 8.31. The molecule has 0 spiro atoms. The number of furan rings is 1. The standard InChI is InChI=1S/C19H23NO3/c21-19(22)18-16(11-12-23-18)13-20-17-8-4-7-15(17)10-9-14-5-2-1-3-6-14/h1-3,5-6,11-12,15,17,20H,4,7-10,13H2,(H,21,22). The summed E-state index contributed by atoms with van der Waals surface area (Å²) in [7, 11) is 0. The Morgan fingerprint density at radius 2 is 2.04 bits per heavy atom. The molecule has 0 bridgehead atoms. The van der Waals surface area contributed by atoms with Gasteiger partial charge in [0.2, 0.25) is 5.76 Å². The van der Waals surface area contributed by atoms with Crippen LogP contribution < -0.4 is 5.32 Å². The molecule has 4 heteroatoms. The molecule has 1 aliphatic carbocycles. The van der Waals surface area contributed by atoms with E-state index < -0.39 is 5.97 Å². The molecule has 0 aliphatic heterocycles. The van der Waals surface area contributed by atoms with Crippen molar-refractivity contribution in [2.24, 2.45) is 5.92 Å². The lowest BCUT2D eigenvalue weighted by molar-refractivity contribution is 0.0660. The number of benzene rings is 1. The van der Waals surface area contributed by atoms with Gasteiger partial charge in [-0.2, -0.15) is 0 Å². The van der Waals surface area contributed by atoms with Gasteiger partial charge >= 0.3 is 5.97 Å². The first-order valence-electron chi connectivity index (χ1n) is 8.31. The molecule has 1 aliphatic rings. The normalized spacial score (nSPS) is 20.7. The molecule has 0 radical (unpaired) electrons. The van der Waals surface area contributed by atoms with E-state index in [9.17, 15) is 4.79 Å². The summed E-state index contributed by atoms with van der Waals surface area (Å²) in [6.45, 7) is 0.560. The van der Waals surface area contributed by atoms with Gasteiger partial charge in [0.25, 0.3) is 0 Å². The fourth-order valence-corrected chi connectivity index (χ4v) is 3.55. The number of carbonyl (C=O) groups is 1. The minimum atomic E-state index is -1.00. The van der Waals surface area contributed by atoms with Crippen LogP contribution in [0.15, 0.2) is 47.1 Å². The predicted octanol–water partition coefficient (Wildman–Crippen LogP) is 3.87. The fraction of sp³-hybridized carbons (Fsp3) is 0.421. The molecule has 1 aromatic heterocycles. The molecule has 1 heterocycles. The van der Waals surface area contributed by atoms with E-state index in [4.69, 9.17) is 9.52 Å². The minimum absolute atomic E-state index is 0.0522. The molecule has 1 fully saturated rings. The summed E-state index contributed by atoms with van der Waals surface area (Å²) in [5.74, 6) is -0.287. The molecule has 2 unspecified atom stereocenters. The largest absolute Gasteiger partial charge is 0.475 e. The maximum Gasteiger partial charge on any atom is 0.372 e. The van der Waals surface area contributed by atoms with Crippen molar-refractivity contribution >= 4 is 5.97 Å². The average molecular weight is 313 g/mol. The third kappa shape index (κ3) is 4.02. The van der Waals surface area contributed by atoms with Crippen molar-refractivity contribution in [3.8, 4) is 0 Å². The molecule has 23 heavy (non-hydrogen) atoms. The van der Waals surface area contributed by atoms with Gasteiger partial charge in [-0.3, -0.25) is 0 Å². The molecule has 4 nitrogen and oxygen atoms in total. The summed E-state index contributed by atoms with van der Waals surface area (Å²) in [5.41, 5.74) is 2.12.